The molecule has 0 bridgehead atoms. The number of nitrogens with zero attached hydrogens (tertiary/aromatic N) is 4. The van der Waals surface area contributed by atoms with Crippen LogP contribution in [0.1, 0.15) is 41.4 Å². The highest BCUT2D eigenvalue weighted by Gasteiger charge is 2.26. The molecule has 3 rings (SSSR count). The Kier molecular flexibility index (Phi) is 4.82. The number of hydrogen-bond donors (Lipinski definition) is 0. The summed E-state index contributed by atoms with van der Waals surface area (Å²) in [5, 5.41) is 8.76. The average molecular weight is 332 g/mol. The van der Waals surface area contributed by atoms with Crippen LogP contribution < -0.4 is 0 Å². The summed E-state index contributed by atoms with van der Waals surface area (Å²) < 4.78 is 1.75. The lowest BCUT2D eigenvalue weighted by atomic mass is 10.1. The fourth-order valence-corrected chi connectivity index (χ4v) is 3.68. The van der Waals surface area contributed by atoms with Gasteiger partial charge in [-0.15, -0.1) is 0 Å². The molecule has 1 aliphatic heterocycles. The van der Waals surface area contributed by atoms with Gasteiger partial charge in [-0.3, -0.25) is 14.4 Å². The quantitative estimate of drug-likeness (QED) is 0.864. The van der Waals surface area contributed by atoms with E-state index in [0.717, 1.165) is 44.0 Å². The van der Waals surface area contributed by atoms with Crippen LogP contribution in [0.3, 0.4) is 0 Å². The predicted octanol–water partition coefficient (Wildman–Crippen LogP) is 2.56. The van der Waals surface area contributed by atoms with Gasteiger partial charge in [0.05, 0.1) is 11.3 Å². The molecule has 2 aromatic heterocycles. The number of aromatic nitrogens is 2. The molecule has 6 heteroatoms. The summed E-state index contributed by atoms with van der Waals surface area (Å²) in [6.07, 6.45) is 1.86. The Hall–Kier alpha value is -1.66. The summed E-state index contributed by atoms with van der Waals surface area (Å²) in [6.45, 7) is 8.58. The van der Waals surface area contributed by atoms with Gasteiger partial charge >= 0.3 is 0 Å². The normalized spacial score (nSPS) is 16.3. The maximum absolute atomic E-state index is 12.8. The van der Waals surface area contributed by atoms with Crippen molar-refractivity contribution < 1.29 is 4.79 Å². The summed E-state index contributed by atoms with van der Waals surface area (Å²) in [5.74, 6) is 0.381. The van der Waals surface area contributed by atoms with Crippen molar-refractivity contribution in [2.45, 2.75) is 26.3 Å². The van der Waals surface area contributed by atoms with Gasteiger partial charge in [-0.1, -0.05) is 13.8 Å². The Morgan fingerprint density at radius 1 is 1.30 bits per heavy atom. The van der Waals surface area contributed by atoms with Crippen molar-refractivity contribution >= 4 is 17.2 Å². The summed E-state index contributed by atoms with van der Waals surface area (Å²) in [6, 6.07) is 2.17. The Morgan fingerprint density at radius 2 is 2.04 bits per heavy atom. The number of carbonyl (C=O) groups is 1. The largest absolute Gasteiger partial charge is 0.336 e. The minimum absolute atomic E-state index is 0.122. The number of carbonyl (C=O) groups excluding carboxylic acids is 1. The first kappa shape index (κ1) is 16.2. The van der Waals surface area contributed by atoms with E-state index in [2.05, 4.69) is 40.7 Å². The van der Waals surface area contributed by atoms with Crippen molar-refractivity contribution in [3.8, 4) is 0 Å². The van der Waals surface area contributed by atoms with Crippen LogP contribution >= 0.6 is 11.3 Å². The van der Waals surface area contributed by atoms with Gasteiger partial charge in [0.1, 0.15) is 0 Å². The van der Waals surface area contributed by atoms with Crippen LogP contribution in [0.2, 0.25) is 0 Å². The lowest BCUT2D eigenvalue weighted by Crippen LogP contribution is -2.48. The predicted molar refractivity (Wildman–Crippen MR) is 92.8 cm³/mol. The summed E-state index contributed by atoms with van der Waals surface area (Å²) in [5.41, 5.74) is 3.02. The fraction of sp³-hybridized carbons (Fsp3) is 0.529. The second-order valence-electron chi connectivity index (χ2n) is 6.46. The maximum Gasteiger partial charge on any atom is 0.257 e. The number of hydrogen-bond acceptors (Lipinski definition) is 4. The van der Waals surface area contributed by atoms with Crippen LogP contribution in [0.25, 0.3) is 0 Å². The topological polar surface area (TPSA) is 41.4 Å². The minimum atomic E-state index is 0.122. The van der Waals surface area contributed by atoms with Crippen LogP contribution in [0, 0.1) is 0 Å². The zero-order valence-corrected chi connectivity index (χ0v) is 14.8. The first-order valence-corrected chi connectivity index (χ1v) is 9.05. The molecule has 5 nitrogen and oxygen atoms in total. The molecule has 1 saturated heterocycles. The fourth-order valence-electron chi connectivity index (χ4n) is 3.02. The van der Waals surface area contributed by atoms with E-state index in [1.165, 1.54) is 5.56 Å². The third kappa shape index (κ3) is 3.64. The van der Waals surface area contributed by atoms with Gasteiger partial charge < -0.3 is 4.90 Å². The number of piperazine rings is 1. The molecule has 0 spiro atoms. The first-order chi connectivity index (χ1) is 11.0. The monoisotopic (exact) mass is 332 g/mol. The summed E-state index contributed by atoms with van der Waals surface area (Å²) in [7, 11) is 1.88. The zero-order valence-electron chi connectivity index (χ0n) is 14.0. The average Bonchev–Trinajstić information content (AvgIpc) is 3.17. The van der Waals surface area contributed by atoms with Gasteiger partial charge in [-0.25, -0.2) is 0 Å². The number of aryl methyl sites for hydroxylation is 1. The second kappa shape index (κ2) is 6.84. The van der Waals surface area contributed by atoms with Gasteiger partial charge in [0.2, 0.25) is 0 Å². The molecule has 0 saturated carbocycles. The smallest absolute Gasteiger partial charge is 0.257 e. The number of rotatable bonds is 4. The molecule has 0 atom stereocenters. The highest BCUT2D eigenvalue weighted by atomic mass is 32.1. The van der Waals surface area contributed by atoms with E-state index in [1.54, 1.807) is 16.0 Å². The Morgan fingerprint density at radius 3 is 2.65 bits per heavy atom. The standard InChI is InChI=1S/C17H24N4OS/c1-13(2)16-15(11-19(3)18-16)17(22)21-7-5-20(6-8-21)10-14-4-9-23-12-14/h4,9,11-13H,5-8,10H2,1-3H3. The van der Waals surface area contributed by atoms with Gasteiger partial charge in [0.15, 0.2) is 0 Å². The first-order valence-electron chi connectivity index (χ1n) is 8.11. The Balaban J connectivity index is 1.62. The second-order valence-corrected chi connectivity index (χ2v) is 7.24. The lowest BCUT2D eigenvalue weighted by molar-refractivity contribution is 0.0627. The zero-order chi connectivity index (χ0) is 16.4. The van der Waals surface area contributed by atoms with Crippen molar-refractivity contribution in [3.05, 3.63) is 39.8 Å². The molecule has 124 valence electrons. The highest BCUT2D eigenvalue weighted by molar-refractivity contribution is 7.07. The lowest BCUT2D eigenvalue weighted by Gasteiger charge is -2.34. The van der Waals surface area contributed by atoms with Crippen LogP contribution in [0.4, 0.5) is 0 Å². The van der Waals surface area contributed by atoms with Gasteiger partial charge in [0, 0.05) is 46.0 Å². The van der Waals surface area contributed by atoms with Crippen LogP contribution in [-0.4, -0.2) is 51.7 Å². The third-order valence-electron chi connectivity index (χ3n) is 4.28. The highest BCUT2D eigenvalue weighted by Crippen LogP contribution is 2.20. The van der Waals surface area contributed by atoms with Crippen molar-refractivity contribution in [2.24, 2.45) is 7.05 Å². The van der Waals surface area contributed by atoms with Crippen LogP contribution in [0.5, 0.6) is 0 Å². The molecule has 3 heterocycles. The molecule has 2 aromatic rings. The van der Waals surface area contributed by atoms with Crippen LogP contribution in [-0.2, 0) is 13.6 Å². The molecule has 0 radical (unpaired) electrons. The molecule has 1 amide bonds. The van der Waals surface area contributed by atoms with Crippen LogP contribution in [0.15, 0.2) is 23.0 Å². The van der Waals surface area contributed by atoms with E-state index in [0.29, 0.717) is 0 Å². The third-order valence-corrected chi connectivity index (χ3v) is 5.01. The van der Waals surface area contributed by atoms with E-state index in [1.807, 2.05) is 18.1 Å². The van der Waals surface area contributed by atoms with Crippen molar-refractivity contribution in [3.63, 3.8) is 0 Å². The van der Waals surface area contributed by atoms with E-state index in [-0.39, 0.29) is 11.8 Å². The summed E-state index contributed by atoms with van der Waals surface area (Å²) >= 11 is 1.74. The number of amides is 1. The van der Waals surface area contributed by atoms with E-state index < -0.39 is 0 Å². The number of thiophene rings is 1. The molecule has 0 unspecified atom stereocenters. The molecule has 1 aliphatic rings. The minimum Gasteiger partial charge on any atom is -0.336 e. The van der Waals surface area contributed by atoms with Gasteiger partial charge in [0.25, 0.3) is 5.91 Å². The maximum atomic E-state index is 12.8. The molecule has 23 heavy (non-hydrogen) atoms. The van der Waals surface area contributed by atoms with E-state index in [9.17, 15) is 4.79 Å². The molecule has 0 N–H and O–H groups in total. The SMILES string of the molecule is CC(C)c1nn(C)cc1C(=O)N1CCN(Cc2ccsc2)CC1. The molecular weight excluding hydrogens is 308 g/mol. The van der Waals surface area contributed by atoms with E-state index in [4.69, 9.17) is 0 Å². The van der Waals surface area contributed by atoms with Crippen molar-refractivity contribution in [1.29, 1.82) is 0 Å². The van der Waals surface area contributed by atoms with E-state index >= 15 is 0 Å². The Bertz CT molecular complexity index is 654. The van der Waals surface area contributed by atoms with Crippen molar-refractivity contribution in [1.82, 2.24) is 19.6 Å². The molecule has 0 aromatic carbocycles. The molecular formula is C17H24N4OS. The van der Waals surface area contributed by atoms with Crippen molar-refractivity contribution in [2.75, 3.05) is 26.2 Å². The van der Waals surface area contributed by atoms with Gasteiger partial charge in [-0.2, -0.15) is 16.4 Å². The molecule has 1 fully saturated rings. The summed E-state index contributed by atoms with van der Waals surface area (Å²) in [4.78, 5) is 17.2. The molecule has 0 aliphatic carbocycles. The van der Waals surface area contributed by atoms with Gasteiger partial charge in [-0.05, 0) is 28.3 Å². The Labute approximate surface area is 141 Å².